The molecule has 0 fully saturated rings. The molecule has 0 unspecified atom stereocenters. The van der Waals surface area contributed by atoms with Gasteiger partial charge in [-0.05, 0) is 17.7 Å². The van der Waals surface area contributed by atoms with E-state index in [1.807, 2.05) is 24.3 Å². The lowest BCUT2D eigenvalue weighted by Gasteiger charge is -2.06. The Morgan fingerprint density at radius 2 is 2.36 bits per heavy atom. The molecular weight excluding hydrogens is 182 g/mol. The molecule has 0 aliphatic carbocycles. The second-order valence-corrected chi connectivity index (χ2v) is 2.69. The monoisotopic (exact) mass is 195 g/mol. The molecule has 0 heterocycles. The molecule has 0 aliphatic rings. The van der Waals surface area contributed by atoms with Gasteiger partial charge < -0.3 is 10.5 Å². The third kappa shape index (κ3) is 3.32. The highest BCUT2D eigenvalue weighted by atomic mass is 16.5. The lowest BCUT2D eigenvalue weighted by atomic mass is 10.2. The number of methoxy groups -OCH3 is 1. The number of nitrogens with one attached hydrogen (secondary N) is 2. The summed E-state index contributed by atoms with van der Waals surface area (Å²) >= 11 is 0. The molecule has 1 aromatic rings. The van der Waals surface area contributed by atoms with Gasteiger partial charge in [0, 0.05) is 6.54 Å². The number of hydrogen-bond donors (Lipinski definition) is 3. The minimum atomic E-state index is -0.604. The number of primary amides is 1. The van der Waals surface area contributed by atoms with E-state index in [1.54, 1.807) is 7.11 Å². The van der Waals surface area contributed by atoms with Gasteiger partial charge in [-0.1, -0.05) is 12.1 Å². The molecule has 5 nitrogen and oxygen atoms in total. The van der Waals surface area contributed by atoms with Crippen LogP contribution in [0.3, 0.4) is 0 Å². The van der Waals surface area contributed by atoms with Gasteiger partial charge in [0.15, 0.2) is 0 Å². The lowest BCUT2D eigenvalue weighted by molar-refractivity contribution is 0.244. The molecule has 0 saturated carbocycles. The maximum Gasteiger partial charge on any atom is 0.326 e. The molecule has 0 spiro atoms. The van der Waals surface area contributed by atoms with Gasteiger partial charge in [-0.25, -0.2) is 10.2 Å². The van der Waals surface area contributed by atoms with Gasteiger partial charge in [-0.2, -0.15) is 0 Å². The second kappa shape index (κ2) is 5.08. The number of urea groups is 1. The highest BCUT2D eigenvalue weighted by Gasteiger charge is 1.95. The molecule has 0 radical (unpaired) electrons. The van der Waals surface area contributed by atoms with Crippen molar-refractivity contribution in [3.63, 3.8) is 0 Å². The molecule has 0 atom stereocenters. The summed E-state index contributed by atoms with van der Waals surface area (Å²) in [6.07, 6.45) is 0. The van der Waals surface area contributed by atoms with Crippen LogP contribution in [-0.2, 0) is 6.54 Å². The predicted molar refractivity (Wildman–Crippen MR) is 52.6 cm³/mol. The highest BCUT2D eigenvalue weighted by Crippen LogP contribution is 2.11. The summed E-state index contributed by atoms with van der Waals surface area (Å²) in [4.78, 5) is 10.3. The molecular formula is C9H13N3O2. The summed E-state index contributed by atoms with van der Waals surface area (Å²) in [6.45, 7) is 0.500. The van der Waals surface area contributed by atoms with Crippen LogP contribution in [0, 0.1) is 0 Å². The number of carbonyl (C=O) groups excluding carboxylic acids is 1. The van der Waals surface area contributed by atoms with Crippen LogP contribution < -0.4 is 21.3 Å². The number of carbonyl (C=O) groups is 1. The summed E-state index contributed by atoms with van der Waals surface area (Å²) in [7, 11) is 1.61. The standard InChI is InChI=1S/C9H13N3O2/c1-14-8-4-2-3-7(5-8)6-11-12-9(10)13/h2-5,11H,6H2,1H3,(H3,10,12,13). The minimum Gasteiger partial charge on any atom is -0.497 e. The number of rotatable bonds is 4. The van der Waals surface area contributed by atoms with Crippen molar-refractivity contribution < 1.29 is 9.53 Å². The number of hydrogen-bond acceptors (Lipinski definition) is 3. The predicted octanol–water partition coefficient (Wildman–Crippen LogP) is 0.368. The first-order valence-corrected chi connectivity index (χ1v) is 4.13. The van der Waals surface area contributed by atoms with Crippen LogP contribution in [0.5, 0.6) is 5.75 Å². The first-order valence-electron chi connectivity index (χ1n) is 4.13. The Morgan fingerprint density at radius 1 is 1.57 bits per heavy atom. The summed E-state index contributed by atoms with van der Waals surface area (Å²) in [5, 5.41) is 0. The zero-order valence-corrected chi connectivity index (χ0v) is 7.91. The van der Waals surface area contributed by atoms with Crippen LogP contribution in [0.25, 0.3) is 0 Å². The molecule has 0 saturated heterocycles. The van der Waals surface area contributed by atoms with Gasteiger partial charge in [0.2, 0.25) is 0 Å². The van der Waals surface area contributed by atoms with Crippen LogP contribution in [0.1, 0.15) is 5.56 Å². The van der Waals surface area contributed by atoms with Crippen molar-refractivity contribution in [3.05, 3.63) is 29.8 Å². The molecule has 4 N–H and O–H groups in total. The molecule has 2 amide bonds. The molecule has 76 valence electrons. The molecule has 0 aromatic heterocycles. The van der Waals surface area contributed by atoms with Crippen molar-refractivity contribution in [1.82, 2.24) is 10.9 Å². The Labute approximate surface area is 82.2 Å². The van der Waals surface area contributed by atoms with E-state index in [0.29, 0.717) is 6.54 Å². The third-order valence-corrected chi connectivity index (χ3v) is 1.64. The summed E-state index contributed by atoms with van der Waals surface area (Å²) in [6, 6.07) is 6.91. The third-order valence-electron chi connectivity index (χ3n) is 1.64. The quantitative estimate of drug-likeness (QED) is 0.607. The van der Waals surface area contributed by atoms with Gasteiger partial charge in [0.25, 0.3) is 0 Å². The van der Waals surface area contributed by atoms with Gasteiger partial charge in [0.1, 0.15) is 5.75 Å². The molecule has 1 rings (SSSR count). The normalized spacial score (nSPS) is 9.50. The molecule has 14 heavy (non-hydrogen) atoms. The topological polar surface area (TPSA) is 76.4 Å². The van der Waals surface area contributed by atoms with Crippen LogP contribution in [0.2, 0.25) is 0 Å². The van der Waals surface area contributed by atoms with E-state index in [0.717, 1.165) is 11.3 Å². The fourth-order valence-electron chi connectivity index (χ4n) is 1.02. The molecule has 5 heteroatoms. The van der Waals surface area contributed by atoms with Crippen LogP contribution in [0.15, 0.2) is 24.3 Å². The van der Waals surface area contributed by atoms with E-state index in [-0.39, 0.29) is 0 Å². The van der Waals surface area contributed by atoms with Crippen molar-refractivity contribution in [1.29, 1.82) is 0 Å². The Kier molecular flexibility index (Phi) is 3.75. The van der Waals surface area contributed by atoms with Gasteiger partial charge in [-0.15, -0.1) is 0 Å². The van der Waals surface area contributed by atoms with E-state index in [1.165, 1.54) is 0 Å². The Hall–Kier alpha value is -1.75. The SMILES string of the molecule is COc1cccc(CNNC(N)=O)c1. The summed E-state index contributed by atoms with van der Waals surface area (Å²) in [5.41, 5.74) is 10.8. The zero-order valence-electron chi connectivity index (χ0n) is 7.91. The minimum absolute atomic E-state index is 0.500. The molecule has 0 aliphatic heterocycles. The summed E-state index contributed by atoms with van der Waals surface area (Å²) in [5.74, 6) is 0.781. The number of nitrogens with two attached hydrogens (primary N) is 1. The van der Waals surface area contributed by atoms with Crippen LogP contribution in [0.4, 0.5) is 4.79 Å². The average molecular weight is 195 g/mol. The van der Waals surface area contributed by atoms with Gasteiger partial charge >= 0.3 is 6.03 Å². The maximum absolute atomic E-state index is 10.3. The Balaban J connectivity index is 2.46. The van der Waals surface area contributed by atoms with E-state index < -0.39 is 6.03 Å². The van der Waals surface area contributed by atoms with Crippen molar-refractivity contribution in [2.24, 2.45) is 5.73 Å². The average Bonchev–Trinajstić information content (AvgIpc) is 2.18. The zero-order chi connectivity index (χ0) is 10.4. The largest absolute Gasteiger partial charge is 0.497 e. The van der Waals surface area contributed by atoms with Gasteiger partial charge in [0.05, 0.1) is 7.11 Å². The first-order chi connectivity index (χ1) is 6.72. The summed E-state index contributed by atoms with van der Waals surface area (Å²) < 4.78 is 5.04. The van der Waals surface area contributed by atoms with Crippen molar-refractivity contribution in [3.8, 4) is 5.75 Å². The van der Waals surface area contributed by atoms with Crippen molar-refractivity contribution >= 4 is 6.03 Å². The highest BCUT2D eigenvalue weighted by molar-refractivity contribution is 5.70. The second-order valence-electron chi connectivity index (χ2n) is 2.69. The van der Waals surface area contributed by atoms with Crippen LogP contribution >= 0.6 is 0 Å². The number of amides is 2. The number of benzene rings is 1. The fourth-order valence-corrected chi connectivity index (χ4v) is 1.02. The smallest absolute Gasteiger partial charge is 0.326 e. The van der Waals surface area contributed by atoms with Crippen molar-refractivity contribution in [2.75, 3.05) is 7.11 Å². The molecule has 1 aromatic carbocycles. The van der Waals surface area contributed by atoms with E-state index >= 15 is 0 Å². The van der Waals surface area contributed by atoms with Crippen molar-refractivity contribution in [2.45, 2.75) is 6.54 Å². The van der Waals surface area contributed by atoms with E-state index in [4.69, 9.17) is 10.5 Å². The fraction of sp³-hybridized carbons (Fsp3) is 0.222. The molecule has 0 bridgehead atoms. The Bertz CT molecular complexity index is 315. The maximum atomic E-state index is 10.3. The van der Waals surface area contributed by atoms with Gasteiger partial charge in [-0.3, -0.25) is 5.43 Å². The lowest BCUT2D eigenvalue weighted by Crippen LogP contribution is -2.40. The number of ether oxygens (including phenoxy) is 1. The Morgan fingerprint density at radius 3 is 3.00 bits per heavy atom. The number of hydrazine groups is 1. The van der Waals surface area contributed by atoms with E-state index in [2.05, 4.69) is 10.9 Å². The van der Waals surface area contributed by atoms with Crippen LogP contribution in [-0.4, -0.2) is 13.1 Å². The van der Waals surface area contributed by atoms with E-state index in [9.17, 15) is 4.79 Å². The first kappa shape index (κ1) is 10.3.